The molecule has 7 heteroatoms. The molecule has 1 aliphatic heterocycles. The van der Waals surface area contributed by atoms with E-state index in [0.29, 0.717) is 34.9 Å². The molecule has 0 radical (unpaired) electrons. The Hall–Kier alpha value is -2.85. The van der Waals surface area contributed by atoms with E-state index in [1.54, 1.807) is 24.3 Å². The van der Waals surface area contributed by atoms with Crippen molar-refractivity contribution in [3.8, 4) is 17.6 Å². The maximum absolute atomic E-state index is 13.8. The van der Waals surface area contributed by atoms with Crippen molar-refractivity contribution < 1.29 is 18.7 Å². The van der Waals surface area contributed by atoms with Crippen LogP contribution in [-0.2, 0) is 4.79 Å². The van der Waals surface area contributed by atoms with Gasteiger partial charge in [0.15, 0.2) is 11.5 Å². The van der Waals surface area contributed by atoms with E-state index in [0.717, 1.165) is 0 Å². The zero-order valence-corrected chi connectivity index (χ0v) is 14.5. The molecule has 0 bridgehead atoms. The van der Waals surface area contributed by atoms with E-state index in [2.05, 4.69) is 21.2 Å². The van der Waals surface area contributed by atoms with Gasteiger partial charge < -0.3 is 14.8 Å². The Morgan fingerprint density at radius 1 is 1.20 bits per heavy atom. The van der Waals surface area contributed by atoms with E-state index in [-0.39, 0.29) is 11.1 Å². The first-order valence-corrected chi connectivity index (χ1v) is 8.14. The summed E-state index contributed by atoms with van der Waals surface area (Å²) < 4.78 is 25.3. The molecule has 2 aromatic carbocycles. The number of amides is 1. The van der Waals surface area contributed by atoms with Crippen molar-refractivity contribution in [2.24, 2.45) is 0 Å². The number of carbonyl (C=O) groups excluding carboxylic acids is 1. The van der Waals surface area contributed by atoms with Crippen LogP contribution >= 0.6 is 15.9 Å². The maximum Gasteiger partial charge on any atom is 0.266 e. The Morgan fingerprint density at radius 2 is 1.96 bits per heavy atom. The van der Waals surface area contributed by atoms with Gasteiger partial charge in [0.1, 0.15) is 30.7 Å². The molecule has 5 nitrogen and oxygen atoms in total. The lowest BCUT2D eigenvalue weighted by Gasteiger charge is -2.18. The highest BCUT2D eigenvalue weighted by atomic mass is 79.9. The van der Waals surface area contributed by atoms with Crippen LogP contribution in [0.15, 0.2) is 46.4 Å². The van der Waals surface area contributed by atoms with E-state index < -0.39 is 11.7 Å². The summed E-state index contributed by atoms with van der Waals surface area (Å²) >= 11 is 3.23. The standard InChI is InChI=1S/C18H12BrFN2O3/c19-13-1-3-15(20)11(8-13)7-12(10-21)18(23)22-14-2-4-16-17(9-14)25-6-5-24-16/h1-4,7-9H,5-6H2,(H,22,23)/b12-7+. The molecule has 0 saturated heterocycles. The second-order valence-corrected chi connectivity index (χ2v) is 6.06. The highest BCUT2D eigenvalue weighted by molar-refractivity contribution is 9.10. The Kier molecular flexibility index (Phi) is 5.00. The first-order chi connectivity index (χ1) is 12.1. The minimum atomic E-state index is -0.640. The Labute approximate surface area is 151 Å². The van der Waals surface area contributed by atoms with Crippen molar-refractivity contribution >= 4 is 33.6 Å². The molecule has 0 fully saturated rings. The zero-order valence-electron chi connectivity index (χ0n) is 12.9. The van der Waals surface area contributed by atoms with Gasteiger partial charge in [-0.2, -0.15) is 5.26 Å². The van der Waals surface area contributed by atoms with Gasteiger partial charge in [0.2, 0.25) is 0 Å². The summed E-state index contributed by atoms with van der Waals surface area (Å²) in [6.07, 6.45) is 1.20. The van der Waals surface area contributed by atoms with Crippen LogP contribution in [0.2, 0.25) is 0 Å². The van der Waals surface area contributed by atoms with Gasteiger partial charge >= 0.3 is 0 Å². The van der Waals surface area contributed by atoms with E-state index >= 15 is 0 Å². The normalized spacial score (nSPS) is 13.1. The predicted octanol–water partition coefficient (Wildman–Crippen LogP) is 3.91. The second-order valence-electron chi connectivity index (χ2n) is 5.15. The number of nitrogens with one attached hydrogen (secondary N) is 1. The smallest absolute Gasteiger partial charge is 0.266 e. The highest BCUT2D eigenvalue weighted by Crippen LogP contribution is 2.32. The monoisotopic (exact) mass is 402 g/mol. The van der Waals surface area contributed by atoms with E-state index in [1.807, 2.05) is 0 Å². The van der Waals surface area contributed by atoms with Gasteiger partial charge in [0.25, 0.3) is 5.91 Å². The largest absolute Gasteiger partial charge is 0.486 e. The second kappa shape index (κ2) is 7.36. The third-order valence-electron chi connectivity index (χ3n) is 3.42. The van der Waals surface area contributed by atoms with Crippen LogP contribution in [0, 0.1) is 17.1 Å². The number of hydrogen-bond donors (Lipinski definition) is 1. The third kappa shape index (κ3) is 3.98. The number of rotatable bonds is 3. The number of halogens is 2. The number of ether oxygens (including phenoxy) is 2. The molecule has 1 aliphatic rings. The number of benzene rings is 2. The fourth-order valence-corrected chi connectivity index (χ4v) is 2.63. The van der Waals surface area contributed by atoms with E-state index in [1.165, 1.54) is 24.3 Å². The molecular weight excluding hydrogens is 391 g/mol. The summed E-state index contributed by atoms with van der Waals surface area (Å²) in [5, 5.41) is 11.8. The molecule has 0 aliphatic carbocycles. The summed E-state index contributed by atoms with van der Waals surface area (Å²) in [5.41, 5.74) is 0.375. The highest BCUT2D eigenvalue weighted by Gasteiger charge is 2.15. The summed E-state index contributed by atoms with van der Waals surface area (Å²) in [6.45, 7) is 0.897. The van der Waals surface area contributed by atoms with Crippen molar-refractivity contribution in [3.05, 3.63) is 57.8 Å². The number of nitriles is 1. The summed E-state index contributed by atoms with van der Waals surface area (Å²) in [5.74, 6) is -0.0530. The van der Waals surface area contributed by atoms with Crippen LogP contribution < -0.4 is 14.8 Å². The number of hydrogen-bond acceptors (Lipinski definition) is 4. The topological polar surface area (TPSA) is 71.4 Å². The van der Waals surface area contributed by atoms with Gasteiger partial charge in [0, 0.05) is 21.8 Å². The minimum Gasteiger partial charge on any atom is -0.486 e. The number of nitrogens with zero attached hydrogens (tertiary/aromatic N) is 1. The predicted molar refractivity (Wildman–Crippen MR) is 93.8 cm³/mol. The van der Waals surface area contributed by atoms with Gasteiger partial charge in [-0.15, -0.1) is 0 Å². The molecule has 25 heavy (non-hydrogen) atoms. The molecule has 0 saturated carbocycles. The fourth-order valence-electron chi connectivity index (χ4n) is 2.25. The average molecular weight is 403 g/mol. The third-order valence-corrected chi connectivity index (χ3v) is 3.92. The minimum absolute atomic E-state index is 0.142. The van der Waals surface area contributed by atoms with Crippen molar-refractivity contribution in [1.82, 2.24) is 0 Å². The molecule has 0 unspecified atom stereocenters. The van der Waals surface area contributed by atoms with Crippen LogP contribution in [-0.4, -0.2) is 19.1 Å². The van der Waals surface area contributed by atoms with Crippen molar-refractivity contribution in [2.45, 2.75) is 0 Å². The Bertz CT molecular complexity index is 906. The van der Waals surface area contributed by atoms with Gasteiger partial charge in [-0.1, -0.05) is 15.9 Å². The Balaban J connectivity index is 1.82. The molecule has 1 N–H and O–H groups in total. The molecule has 126 valence electrons. The summed E-state index contributed by atoms with van der Waals surface area (Å²) in [4.78, 5) is 12.3. The number of carbonyl (C=O) groups is 1. The molecule has 0 spiro atoms. The van der Waals surface area contributed by atoms with Gasteiger partial charge in [0.05, 0.1) is 0 Å². The molecule has 2 aromatic rings. The van der Waals surface area contributed by atoms with Crippen molar-refractivity contribution in [2.75, 3.05) is 18.5 Å². The van der Waals surface area contributed by atoms with Crippen LogP contribution in [0.3, 0.4) is 0 Å². The van der Waals surface area contributed by atoms with Crippen LogP contribution in [0.1, 0.15) is 5.56 Å². The van der Waals surface area contributed by atoms with Crippen LogP contribution in [0.4, 0.5) is 10.1 Å². The molecule has 0 aromatic heterocycles. The summed E-state index contributed by atoms with van der Waals surface area (Å²) in [6, 6.07) is 11.0. The molecular formula is C18H12BrFN2O3. The molecule has 1 amide bonds. The lowest BCUT2D eigenvalue weighted by atomic mass is 10.1. The van der Waals surface area contributed by atoms with Crippen LogP contribution in [0.5, 0.6) is 11.5 Å². The molecule has 3 rings (SSSR count). The zero-order chi connectivity index (χ0) is 17.8. The SMILES string of the molecule is N#C/C(=C\c1cc(Br)ccc1F)C(=O)Nc1ccc2c(c1)OCCO2. The number of fused-ring (bicyclic) bond motifs is 1. The average Bonchev–Trinajstić information content (AvgIpc) is 2.62. The van der Waals surface area contributed by atoms with Gasteiger partial charge in [-0.25, -0.2) is 4.39 Å². The van der Waals surface area contributed by atoms with E-state index in [4.69, 9.17) is 9.47 Å². The van der Waals surface area contributed by atoms with Crippen molar-refractivity contribution in [1.29, 1.82) is 5.26 Å². The summed E-state index contributed by atoms with van der Waals surface area (Å²) in [7, 11) is 0. The number of anilines is 1. The maximum atomic E-state index is 13.8. The van der Waals surface area contributed by atoms with Crippen LogP contribution in [0.25, 0.3) is 6.08 Å². The fraction of sp³-hybridized carbons (Fsp3) is 0.111. The Morgan fingerprint density at radius 3 is 2.72 bits per heavy atom. The molecule has 1 heterocycles. The first kappa shape index (κ1) is 17.0. The lowest BCUT2D eigenvalue weighted by molar-refractivity contribution is -0.112. The van der Waals surface area contributed by atoms with Gasteiger partial charge in [-0.05, 0) is 36.4 Å². The quantitative estimate of drug-likeness (QED) is 0.623. The lowest BCUT2D eigenvalue weighted by Crippen LogP contribution is -2.17. The van der Waals surface area contributed by atoms with Crippen molar-refractivity contribution in [3.63, 3.8) is 0 Å². The molecule has 0 atom stereocenters. The van der Waals surface area contributed by atoms with E-state index in [9.17, 15) is 14.4 Å². The van der Waals surface area contributed by atoms with Gasteiger partial charge in [-0.3, -0.25) is 4.79 Å². The first-order valence-electron chi connectivity index (χ1n) is 7.34.